The summed E-state index contributed by atoms with van der Waals surface area (Å²) in [5.74, 6) is 0.719. The third-order valence-electron chi connectivity index (χ3n) is 3.36. The average molecular weight is 439 g/mol. The molecule has 4 nitrogen and oxygen atoms in total. The lowest BCUT2D eigenvalue weighted by molar-refractivity contribution is -0.601. The van der Waals surface area contributed by atoms with Crippen LogP contribution in [0, 0.1) is 7.14 Å². The van der Waals surface area contributed by atoms with Crippen molar-refractivity contribution in [1.29, 1.82) is 0 Å². The topological polar surface area (TPSA) is 44.8 Å². The number of carbonyl (C=O) groups excluding carboxylic acids is 1. The molecule has 0 unspecified atom stereocenters. The van der Waals surface area contributed by atoms with E-state index in [9.17, 15) is 4.79 Å². The van der Waals surface area contributed by atoms with Crippen molar-refractivity contribution in [2.75, 3.05) is 6.79 Å². The minimum Gasteiger partial charge on any atom is -0.457 e. The van der Waals surface area contributed by atoms with E-state index in [1.807, 2.05) is 6.07 Å². The molecule has 1 aliphatic rings. The molecule has 0 N–H and O–H groups in total. The molecule has 0 saturated heterocycles. The Hall–Kier alpha value is -1.76. The van der Waals surface area contributed by atoms with E-state index in [-0.39, 0.29) is 28.0 Å². The van der Waals surface area contributed by atoms with Crippen molar-refractivity contribution in [1.82, 2.24) is 0 Å². The number of halogens is 1. The van der Waals surface area contributed by atoms with Gasteiger partial charge in [-0.15, -0.1) is 0 Å². The van der Waals surface area contributed by atoms with Crippen LogP contribution in [0.5, 0.6) is 5.75 Å². The van der Waals surface area contributed by atoms with E-state index in [0.717, 1.165) is 12.2 Å². The highest BCUT2D eigenvalue weighted by atomic mass is 127. The van der Waals surface area contributed by atoms with E-state index in [0.29, 0.717) is 0 Å². The second kappa shape index (κ2) is 7.01. The second-order valence-electron chi connectivity index (χ2n) is 6.49. The number of hydrogen-bond acceptors (Lipinski definition) is 4. The summed E-state index contributed by atoms with van der Waals surface area (Å²) in [4.78, 5) is 11.5. The van der Waals surface area contributed by atoms with Crippen LogP contribution in [-0.2, 0) is 15.9 Å². The molecule has 0 spiro atoms. The zero-order chi connectivity index (χ0) is 17.2. The molecule has 0 amide bonds. The lowest BCUT2D eigenvalue weighted by Gasteiger charge is -2.18. The maximum absolute atomic E-state index is 11.5. The summed E-state index contributed by atoms with van der Waals surface area (Å²) in [6.45, 7) is 5.23. The van der Waals surface area contributed by atoms with Gasteiger partial charge < -0.3 is 14.2 Å². The Balaban J connectivity index is 1.59. The number of hydrogen-bond donors (Lipinski definition) is 0. The van der Waals surface area contributed by atoms with Gasteiger partial charge >= 0.3 is 27.4 Å². The standard InChI is InChI=1S/C19H20IO4/c1-19(2,3)24-18(21)23-12-22-15-9-8-14-10-13-6-4-5-7-16(13)20-17(14)11-15/h4-9,11H,10,12H2,1-3H3/q+1. The molecule has 2 aromatic carbocycles. The summed E-state index contributed by atoms with van der Waals surface area (Å²) in [5, 5.41) is 0. The number of carbonyl (C=O) groups is 1. The fourth-order valence-corrected chi connectivity index (χ4v) is 5.23. The van der Waals surface area contributed by atoms with Gasteiger partial charge in [-0.1, -0.05) is 24.3 Å². The Kier molecular flexibility index (Phi) is 4.99. The van der Waals surface area contributed by atoms with Crippen LogP contribution in [0.4, 0.5) is 4.79 Å². The van der Waals surface area contributed by atoms with Gasteiger partial charge in [0.1, 0.15) is 11.4 Å². The summed E-state index contributed by atoms with van der Waals surface area (Å²) >= 11 is -0.202. The smallest absolute Gasteiger partial charge is 0.457 e. The van der Waals surface area contributed by atoms with Gasteiger partial charge in [0.15, 0.2) is 3.57 Å². The maximum atomic E-state index is 11.5. The summed E-state index contributed by atoms with van der Waals surface area (Å²) in [7, 11) is 0. The number of ether oxygens (including phenoxy) is 3. The van der Waals surface area contributed by atoms with Gasteiger partial charge in [0.25, 0.3) is 0 Å². The first-order valence-electron chi connectivity index (χ1n) is 7.75. The largest absolute Gasteiger partial charge is 0.511 e. The van der Waals surface area contributed by atoms with Crippen molar-refractivity contribution in [3.63, 3.8) is 0 Å². The molecule has 1 heterocycles. The molecule has 0 aliphatic carbocycles. The van der Waals surface area contributed by atoms with Crippen LogP contribution in [0.3, 0.4) is 0 Å². The monoisotopic (exact) mass is 439 g/mol. The van der Waals surface area contributed by atoms with Crippen molar-refractivity contribution in [2.45, 2.75) is 32.8 Å². The molecule has 0 radical (unpaired) electrons. The fraction of sp³-hybridized carbons (Fsp3) is 0.316. The van der Waals surface area contributed by atoms with Crippen LogP contribution < -0.4 is 25.9 Å². The molecule has 1 aliphatic heterocycles. The Morgan fingerprint density at radius 1 is 1.08 bits per heavy atom. The van der Waals surface area contributed by atoms with Gasteiger partial charge in [-0.25, -0.2) is 4.79 Å². The van der Waals surface area contributed by atoms with E-state index in [2.05, 4.69) is 36.4 Å². The van der Waals surface area contributed by atoms with Crippen molar-refractivity contribution in [3.05, 3.63) is 60.7 Å². The van der Waals surface area contributed by atoms with Crippen LogP contribution in [0.25, 0.3) is 0 Å². The Morgan fingerprint density at radius 3 is 2.62 bits per heavy atom. The Morgan fingerprint density at radius 2 is 1.83 bits per heavy atom. The quantitative estimate of drug-likeness (QED) is 0.347. The average Bonchev–Trinajstić information content (AvgIpc) is 2.51. The predicted octanol–water partition coefficient (Wildman–Crippen LogP) is 1.01. The minimum absolute atomic E-state index is 0.150. The number of rotatable bonds is 3. The molecule has 5 heteroatoms. The third-order valence-corrected chi connectivity index (χ3v) is 6.58. The van der Waals surface area contributed by atoms with Gasteiger partial charge in [0.2, 0.25) is 10.4 Å². The highest BCUT2D eigenvalue weighted by Crippen LogP contribution is 2.18. The SMILES string of the molecule is CC(C)(C)OC(=O)OCOc1ccc2c(c1)[I+]c1ccccc1C2. The Bertz CT molecular complexity index is 749. The zero-order valence-corrected chi connectivity index (χ0v) is 16.1. The van der Waals surface area contributed by atoms with Gasteiger partial charge in [0.05, 0.1) is 0 Å². The van der Waals surface area contributed by atoms with Crippen LogP contribution in [0.2, 0.25) is 0 Å². The summed E-state index contributed by atoms with van der Waals surface area (Å²) in [5.41, 5.74) is 2.22. The lowest BCUT2D eigenvalue weighted by atomic mass is 10.1. The molecule has 126 valence electrons. The van der Waals surface area contributed by atoms with Crippen molar-refractivity contribution < 1.29 is 40.2 Å². The maximum Gasteiger partial charge on any atom is 0.511 e. The van der Waals surface area contributed by atoms with Gasteiger partial charge in [-0.05, 0) is 32.9 Å². The van der Waals surface area contributed by atoms with Crippen LogP contribution in [-0.4, -0.2) is 18.5 Å². The molecule has 0 aromatic heterocycles. The van der Waals surface area contributed by atoms with E-state index < -0.39 is 11.8 Å². The van der Waals surface area contributed by atoms with Crippen molar-refractivity contribution in [2.24, 2.45) is 0 Å². The fourth-order valence-electron chi connectivity index (χ4n) is 2.32. The predicted molar refractivity (Wildman–Crippen MR) is 85.9 cm³/mol. The third kappa shape index (κ3) is 4.41. The van der Waals surface area contributed by atoms with Crippen molar-refractivity contribution in [3.8, 4) is 5.75 Å². The number of fused-ring (bicyclic) bond motifs is 2. The zero-order valence-electron chi connectivity index (χ0n) is 14.0. The highest BCUT2D eigenvalue weighted by Gasteiger charge is 2.29. The summed E-state index contributed by atoms with van der Waals surface area (Å²) < 4.78 is 18.4. The molecule has 3 rings (SSSR count). The van der Waals surface area contributed by atoms with Crippen LogP contribution in [0.15, 0.2) is 42.5 Å². The summed E-state index contributed by atoms with van der Waals surface area (Å²) in [6.07, 6.45) is 0.252. The first-order chi connectivity index (χ1) is 11.4. The highest BCUT2D eigenvalue weighted by molar-refractivity contribution is 5.60. The van der Waals surface area contributed by atoms with Crippen molar-refractivity contribution >= 4 is 6.16 Å². The molecule has 24 heavy (non-hydrogen) atoms. The molecular weight excluding hydrogens is 419 g/mol. The van der Waals surface area contributed by atoms with E-state index in [1.54, 1.807) is 20.8 Å². The van der Waals surface area contributed by atoms with E-state index in [1.165, 1.54) is 18.3 Å². The molecule has 2 aromatic rings. The Labute approximate surface area is 152 Å². The summed E-state index contributed by atoms with van der Waals surface area (Å²) in [6, 6.07) is 14.7. The molecule has 0 fully saturated rings. The first-order valence-corrected chi connectivity index (χ1v) is 9.91. The molecule has 0 atom stereocenters. The van der Waals surface area contributed by atoms with Crippen LogP contribution in [0.1, 0.15) is 31.9 Å². The van der Waals surface area contributed by atoms with Gasteiger partial charge in [0, 0.05) is 23.6 Å². The van der Waals surface area contributed by atoms with Gasteiger partial charge in [-0.2, -0.15) is 0 Å². The second-order valence-corrected chi connectivity index (χ2v) is 9.35. The molecular formula is C19H20IO4+. The molecule has 0 saturated carbocycles. The first kappa shape index (κ1) is 17.1. The lowest BCUT2D eigenvalue weighted by Crippen LogP contribution is -3.62. The number of benzene rings is 2. The van der Waals surface area contributed by atoms with Crippen LogP contribution >= 0.6 is 0 Å². The minimum atomic E-state index is -0.721. The van der Waals surface area contributed by atoms with Gasteiger partial charge in [-0.3, -0.25) is 0 Å². The van der Waals surface area contributed by atoms with E-state index in [4.69, 9.17) is 14.2 Å². The normalized spacial score (nSPS) is 12.8. The van der Waals surface area contributed by atoms with E-state index >= 15 is 0 Å². The molecule has 0 bridgehead atoms.